The second-order valence-corrected chi connectivity index (χ2v) is 4.21. The SMILES string of the molecule is Cc1cccc(Oc2ccc(F)cc2CCN)c1. The number of rotatable bonds is 4. The molecule has 2 nitrogen and oxygen atoms in total. The summed E-state index contributed by atoms with van der Waals surface area (Å²) in [6.07, 6.45) is 0.596. The van der Waals surface area contributed by atoms with Gasteiger partial charge in [-0.1, -0.05) is 12.1 Å². The number of nitrogens with two attached hydrogens (primary N) is 1. The van der Waals surface area contributed by atoms with E-state index in [1.165, 1.54) is 12.1 Å². The normalized spacial score (nSPS) is 10.4. The van der Waals surface area contributed by atoms with Gasteiger partial charge in [0.2, 0.25) is 0 Å². The van der Waals surface area contributed by atoms with Gasteiger partial charge in [-0.3, -0.25) is 0 Å². The summed E-state index contributed by atoms with van der Waals surface area (Å²) >= 11 is 0. The van der Waals surface area contributed by atoms with Crippen LogP contribution in [0, 0.1) is 12.7 Å². The minimum atomic E-state index is -0.268. The Hall–Kier alpha value is -1.87. The first-order valence-electron chi connectivity index (χ1n) is 5.92. The molecule has 0 aliphatic rings. The Bertz CT molecular complexity index is 540. The monoisotopic (exact) mass is 245 g/mol. The number of benzene rings is 2. The summed E-state index contributed by atoms with van der Waals surface area (Å²) in [5.41, 5.74) is 7.43. The molecule has 0 heterocycles. The van der Waals surface area contributed by atoms with Gasteiger partial charge < -0.3 is 10.5 Å². The number of hydrogen-bond acceptors (Lipinski definition) is 2. The number of halogens is 1. The smallest absolute Gasteiger partial charge is 0.130 e. The first-order chi connectivity index (χ1) is 8.69. The Morgan fingerprint density at radius 3 is 2.72 bits per heavy atom. The molecule has 0 radical (unpaired) electrons. The second kappa shape index (κ2) is 5.65. The van der Waals surface area contributed by atoms with Crippen molar-refractivity contribution in [2.75, 3.05) is 6.54 Å². The highest BCUT2D eigenvalue weighted by Crippen LogP contribution is 2.26. The van der Waals surface area contributed by atoms with Crippen molar-refractivity contribution in [1.29, 1.82) is 0 Å². The first kappa shape index (κ1) is 12.6. The Kier molecular flexibility index (Phi) is 3.95. The van der Waals surface area contributed by atoms with Crippen LogP contribution in [-0.2, 0) is 6.42 Å². The average molecular weight is 245 g/mol. The second-order valence-electron chi connectivity index (χ2n) is 4.21. The molecule has 0 aliphatic carbocycles. The maximum Gasteiger partial charge on any atom is 0.130 e. The van der Waals surface area contributed by atoms with E-state index in [0.29, 0.717) is 18.7 Å². The lowest BCUT2D eigenvalue weighted by molar-refractivity contribution is 0.473. The van der Waals surface area contributed by atoms with E-state index in [0.717, 1.165) is 16.9 Å². The summed E-state index contributed by atoms with van der Waals surface area (Å²) in [6, 6.07) is 12.2. The van der Waals surface area contributed by atoms with E-state index >= 15 is 0 Å². The topological polar surface area (TPSA) is 35.2 Å². The van der Waals surface area contributed by atoms with Crippen molar-refractivity contribution >= 4 is 0 Å². The van der Waals surface area contributed by atoms with Gasteiger partial charge in [0.05, 0.1) is 0 Å². The van der Waals surface area contributed by atoms with Gasteiger partial charge in [-0.15, -0.1) is 0 Å². The summed E-state index contributed by atoms with van der Waals surface area (Å²) in [4.78, 5) is 0. The average Bonchev–Trinajstić information content (AvgIpc) is 2.33. The predicted octanol–water partition coefficient (Wildman–Crippen LogP) is 3.43. The largest absolute Gasteiger partial charge is 0.457 e. The molecule has 3 heteroatoms. The zero-order valence-corrected chi connectivity index (χ0v) is 10.3. The molecule has 0 saturated heterocycles. The Labute approximate surface area is 106 Å². The molecule has 0 bridgehead atoms. The minimum Gasteiger partial charge on any atom is -0.457 e. The van der Waals surface area contributed by atoms with Crippen molar-refractivity contribution in [2.45, 2.75) is 13.3 Å². The molecule has 2 N–H and O–H groups in total. The zero-order valence-electron chi connectivity index (χ0n) is 10.3. The van der Waals surface area contributed by atoms with Gasteiger partial charge in [-0.2, -0.15) is 0 Å². The lowest BCUT2D eigenvalue weighted by atomic mass is 10.1. The van der Waals surface area contributed by atoms with Crippen molar-refractivity contribution in [3.05, 3.63) is 59.4 Å². The van der Waals surface area contributed by atoms with Crippen molar-refractivity contribution < 1.29 is 9.13 Å². The summed E-state index contributed by atoms with van der Waals surface area (Å²) in [6.45, 7) is 2.46. The maximum absolute atomic E-state index is 13.2. The molecule has 2 aromatic rings. The van der Waals surface area contributed by atoms with Crippen LogP contribution in [0.25, 0.3) is 0 Å². The highest BCUT2D eigenvalue weighted by atomic mass is 19.1. The van der Waals surface area contributed by atoms with E-state index in [9.17, 15) is 4.39 Å². The highest BCUT2D eigenvalue weighted by Gasteiger charge is 2.06. The van der Waals surface area contributed by atoms with E-state index in [4.69, 9.17) is 10.5 Å². The summed E-state index contributed by atoms with van der Waals surface area (Å²) in [5.74, 6) is 1.14. The Balaban J connectivity index is 2.28. The summed E-state index contributed by atoms with van der Waals surface area (Å²) in [7, 11) is 0. The molecule has 2 aromatic carbocycles. The van der Waals surface area contributed by atoms with Crippen LogP contribution >= 0.6 is 0 Å². The van der Waals surface area contributed by atoms with Crippen LogP contribution in [0.4, 0.5) is 4.39 Å². The fourth-order valence-corrected chi connectivity index (χ4v) is 1.80. The molecule has 0 saturated carbocycles. The molecule has 0 atom stereocenters. The van der Waals surface area contributed by atoms with Crippen LogP contribution in [-0.4, -0.2) is 6.54 Å². The van der Waals surface area contributed by atoms with E-state index in [1.807, 2.05) is 31.2 Å². The van der Waals surface area contributed by atoms with Gasteiger partial charge in [-0.05, 0) is 61.3 Å². The minimum absolute atomic E-state index is 0.268. The van der Waals surface area contributed by atoms with E-state index in [-0.39, 0.29) is 5.82 Å². The zero-order chi connectivity index (χ0) is 13.0. The molecule has 2 rings (SSSR count). The molecule has 0 amide bonds. The van der Waals surface area contributed by atoms with E-state index < -0.39 is 0 Å². The van der Waals surface area contributed by atoms with Crippen LogP contribution in [0.15, 0.2) is 42.5 Å². The molecule has 0 spiro atoms. The Morgan fingerprint density at radius 2 is 2.00 bits per heavy atom. The first-order valence-corrected chi connectivity index (χ1v) is 5.92. The van der Waals surface area contributed by atoms with Crippen LogP contribution in [0.1, 0.15) is 11.1 Å². The molecule has 94 valence electrons. The molecule has 18 heavy (non-hydrogen) atoms. The van der Waals surface area contributed by atoms with Crippen molar-refractivity contribution in [3.63, 3.8) is 0 Å². The third-order valence-electron chi connectivity index (χ3n) is 2.65. The molecule has 0 aliphatic heterocycles. The van der Waals surface area contributed by atoms with Crippen molar-refractivity contribution in [2.24, 2.45) is 5.73 Å². The van der Waals surface area contributed by atoms with Crippen LogP contribution in [0.3, 0.4) is 0 Å². The Morgan fingerprint density at radius 1 is 1.17 bits per heavy atom. The van der Waals surface area contributed by atoms with Crippen LogP contribution < -0.4 is 10.5 Å². The van der Waals surface area contributed by atoms with E-state index in [1.54, 1.807) is 6.07 Å². The molecular weight excluding hydrogens is 229 g/mol. The third kappa shape index (κ3) is 3.08. The lowest BCUT2D eigenvalue weighted by Gasteiger charge is -2.11. The molecular formula is C15H16FNO. The number of hydrogen-bond donors (Lipinski definition) is 1. The van der Waals surface area contributed by atoms with Crippen LogP contribution in [0.2, 0.25) is 0 Å². The van der Waals surface area contributed by atoms with E-state index in [2.05, 4.69) is 0 Å². The number of ether oxygens (including phenoxy) is 1. The van der Waals surface area contributed by atoms with Gasteiger partial charge in [-0.25, -0.2) is 4.39 Å². The van der Waals surface area contributed by atoms with Crippen molar-refractivity contribution in [3.8, 4) is 11.5 Å². The molecule has 0 aromatic heterocycles. The maximum atomic E-state index is 13.2. The number of aryl methyl sites for hydroxylation is 1. The van der Waals surface area contributed by atoms with Gasteiger partial charge in [0, 0.05) is 0 Å². The fourth-order valence-electron chi connectivity index (χ4n) is 1.80. The van der Waals surface area contributed by atoms with Gasteiger partial charge >= 0.3 is 0 Å². The summed E-state index contributed by atoms with van der Waals surface area (Å²) in [5, 5.41) is 0. The van der Waals surface area contributed by atoms with Gasteiger partial charge in [0.1, 0.15) is 17.3 Å². The third-order valence-corrected chi connectivity index (χ3v) is 2.65. The van der Waals surface area contributed by atoms with Crippen molar-refractivity contribution in [1.82, 2.24) is 0 Å². The predicted molar refractivity (Wildman–Crippen MR) is 70.4 cm³/mol. The molecule has 0 unspecified atom stereocenters. The van der Waals surface area contributed by atoms with Gasteiger partial charge in [0.25, 0.3) is 0 Å². The van der Waals surface area contributed by atoms with Gasteiger partial charge in [0.15, 0.2) is 0 Å². The standard InChI is InChI=1S/C15H16FNO/c1-11-3-2-4-14(9-11)18-15-6-5-13(16)10-12(15)7-8-17/h2-6,9-10H,7-8,17H2,1H3. The van der Waals surface area contributed by atoms with Crippen LogP contribution in [0.5, 0.6) is 11.5 Å². The lowest BCUT2D eigenvalue weighted by Crippen LogP contribution is -2.04. The summed E-state index contributed by atoms with van der Waals surface area (Å²) < 4.78 is 19.0. The molecule has 0 fully saturated rings. The quantitative estimate of drug-likeness (QED) is 0.895. The fraction of sp³-hybridized carbons (Fsp3) is 0.200. The highest BCUT2D eigenvalue weighted by molar-refractivity contribution is 5.39.